The third-order valence-corrected chi connectivity index (χ3v) is 5.83. The molecule has 0 radical (unpaired) electrons. The first kappa shape index (κ1) is 24.1. The molecular formula is C19H22F5N3O4S. The number of aryl methyl sites for hydroxylation is 1. The second-order valence-electron chi connectivity index (χ2n) is 7.21. The summed E-state index contributed by atoms with van der Waals surface area (Å²) in [6.07, 6.45) is -1.14. The Morgan fingerprint density at radius 3 is 2.47 bits per heavy atom. The molecule has 1 N–H and O–H groups in total. The van der Waals surface area contributed by atoms with E-state index in [4.69, 9.17) is 14.2 Å². The molecule has 3 rings (SSSR count). The van der Waals surface area contributed by atoms with E-state index in [-0.39, 0.29) is 48.1 Å². The van der Waals surface area contributed by atoms with E-state index >= 15 is 0 Å². The summed E-state index contributed by atoms with van der Waals surface area (Å²) in [6.45, 7) is 3.60. The van der Waals surface area contributed by atoms with Crippen LogP contribution in [0.2, 0.25) is 0 Å². The number of carbonyl (C=O) groups excluding carboxylic acids is 1. The van der Waals surface area contributed by atoms with Crippen LogP contribution < -0.4 is 5.32 Å². The first-order valence-corrected chi connectivity index (χ1v) is 11.4. The summed E-state index contributed by atoms with van der Waals surface area (Å²) < 4.78 is 81.9. The van der Waals surface area contributed by atoms with E-state index in [0.29, 0.717) is 12.1 Å². The lowest BCUT2D eigenvalue weighted by Gasteiger charge is -2.40. The van der Waals surface area contributed by atoms with Gasteiger partial charge in [0.15, 0.2) is 6.29 Å². The average Bonchev–Trinajstić information content (AvgIpc) is 3.20. The largest absolute Gasteiger partial charge is 0.469 e. The van der Waals surface area contributed by atoms with Crippen molar-refractivity contribution in [1.29, 1.82) is 0 Å². The Morgan fingerprint density at radius 2 is 1.88 bits per heavy atom. The molecule has 0 amide bonds. The zero-order valence-electron chi connectivity index (χ0n) is 17.4. The SMILES string of the molecule is COC(=O)Cc1nc(C)nc(N[C@H](C)c2cccc(S(F)(F)(F)(F)F)c2)c1C1OCCO1. The molecule has 1 atom stereocenters. The number of methoxy groups -OCH3 is 1. The Balaban J connectivity index is 2.01. The second kappa shape index (κ2) is 7.81. The molecule has 1 aliphatic rings. The second-order valence-corrected chi connectivity index (χ2v) is 9.62. The normalized spacial score (nSPS) is 18.0. The summed E-state index contributed by atoms with van der Waals surface area (Å²) in [7, 11) is -8.62. The zero-order chi connectivity index (χ0) is 23.8. The van der Waals surface area contributed by atoms with Gasteiger partial charge in [-0.1, -0.05) is 31.6 Å². The number of hydrogen-bond acceptors (Lipinski definition) is 7. The van der Waals surface area contributed by atoms with Crippen molar-refractivity contribution in [2.24, 2.45) is 0 Å². The molecule has 2 aromatic rings. The molecular weight excluding hydrogens is 461 g/mol. The molecule has 1 aliphatic heterocycles. The molecule has 7 nitrogen and oxygen atoms in total. The van der Waals surface area contributed by atoms with Crippen LogP contribution in [0, 0.1) is 6.92 Å². The van der Waals surface area contributed by atoms with Crippen molar-refractivity contribution in [3.05, 3.63) is 46.9 Å². The Hall–Kier alpha value is -2.51. The fourth-order valence-corrected chi connectivity index (χ4v) is 3.87. The lowest BCUT2D eigenvalue weighted by Crippen LogP contribution is -2.19. The number of anilines is 1. The standard InChI is InChI=1S/C19H22F5N3O4S/c1-11(13-5-4-6-14(9-13)32(20,21,22,23)24)25-18-17(19-30-7-8-31-19)15(10-16(28)29-3)26-12(2)27-18/h4-6,9,11,19H,7-8,10H2,1-3H3,(H,25,26,27)/t11-/m1/s1. The van der Waals surface area contributed by atoms with Gasteiger partial charge in [-0.3, -0.25) is 4.79 Å². The van der Waals surface area contributed by atoms with Crippen LogP contribution in [0.25, 0.3) is 0 Å². The number of nitrogens with one attached hydrogen (secondary N) is 1. The van der Waals surface area contributed by atoms with Crippen LogP contribution >= 0.6 is 10.2 Å². The van der Waals surface area contributed by atoms with Gasteiger partial charge >= 0.3 is 16.2 Å². The van der Waals surface area contributed by atoms with E-state index in [2.05, 4.69) is 15.3 Å². The number of hydrogen-bond donors (Lipinski definition) is 1. The Morgan fingerprint density at radius 1 is 1.22 bits per heavy atom. The minimum Gasteiger partial charge on any atom is -0.469 e. The van der Waals surface area contributed by atoms with Gasteiger partial charge in [0.1, 0.15) is 16.5 Å². The van der Waals surface area contributed by atoms with Crippen molar-refractivity contribution in [3.8, 4) is 0 Å². The topological polar surface area (TPSA) is 82.6 Å². The first-order valence-electron chi connectivity index (χ1n) is 9.46. The van der Waals surface area contributed by atoms with E-state index in [0.717, 1.165) is 6.07 Å². The molecule has 0 saturated carbocycles. The molecule has 1 aromatic carbocycles. The molecule has 2 heterocycles. The van der Waals surface area contributed by atoms with Crippen LogP contribution in [0.15, 0.2) is 29.2 Å². The van der Waals surface area contributed by atoms with Gasteiger partial charge < -0.3 is 19.5 Å². The van der Waals surface area contributed by atoms with Gasteiger partial charge in [-0.15, -0.1) is 0 Å². The highest BCUT2D eigenvalue weighted by Crippen LogP contribution is 3.02. The van der Waals surface area contributed by atoms with Crippen LogP contribution in [-0.4, -0.2) is 36.3 Å². The number of carbonyl (C=O) groups is 1. The quantitative estimate of drug-likeness (QED) is 0.418. The summed E-state index contributed by atoms with van der Waals surface area (Å²) >= 11 is 0. The molecule has 1 fully saturated rings. The molecule has 0 spiro atoms. The van der Waals surface area contributed by atoms with Crippen LogP contribution in [0.3, 0.4) is 0 Å². The van der Waals surface area contributed by atoms with Gasteiger partial charge in [-0.05, 0) is 31.5 Å². The molecule has 1 saturated heterocycles. The van der Waals surface area contributed by atoms with Crippen molar-refractivity contribution in [2.45, 2.75) is 37.5 Å². The molecule has 13 heteroatoms. The lowest BCUT2D eigenvalue weighted by molar-refractivity contribution is -0.139. The smallest absolute Gasteiger partial charge is 0.311 e. The average molecular weight is 483 g/mol. The van der Waals surface area contributed by atoms with Crippen LogP contribution in [0.4, 0.5) is 25.2 Å². The van der Waals surface area contributed by atoms with E-state index in [1.54, 1.807) is 6.92 Å². The fourth-order valence-electron chi connectivity index (χ4n) is 3.18. The van der Waals surface area contributed by atoms with Crippen molar-refractivity contribution < 1.29 is 38.4 Å². The minimum atomic E-state index is -9.84. The first-order chi connectivity index (χ1) is 14.7. The third-order valence-electron chi connectivity index (χ3n) is 4.69. The van der Waals surface area contributed by atoms with Gasteiger partial charge in [0.2, 0.25) is 0 Å². The number of ether oxygens (including phenoxy) is 3. The monoisotopic (exact) mass is 483 g/mol. The highest BCUT2D eigenvalue weighted by Gasteiger charge is 2.65. The van der Waals surface area contributed by atoms with Crippen LogP contribution in [0.5, 0.6) is 0 Å². The van der Waals surface area contributed by atoms with Crippen molar-refractivity contribution in [2.75, 3.05) is 25.6 Å². The molecule has 178 valence electrons. The summed E-state index contributed by atoms with van der Waals surface area (Å²) in [5, 5.41) is 2.92. The Kier molecular flexibility index (Phi) is 5.89. The van der Waals surface area contributed by atoms with Gasteiger partial charge in [-0.2, -0.15) is 0 Å². The van der Waals surface area contributed by atoms with Crippen LogP contribution in [-0.2, 0) is 25.4 Å². The summed E-state index contributed by atoms with van der Waals surface area (Å²) in [4.78, 5) is 18.4. The van der Waals surface area contributed by atoms with E-state index in [1.165, 1.54) is 20.1 Å². The molecule has 0 unspecified atom stereocenters. The van der Waals surface area contributed by atoms with Gasteiger partial charge in [0.25, 0.3) is 0 Å². The van der Waals surface area contributed by atoms with Crippen molar-refractivity contribution >= 4 is 22.0 Å². The Bertz CT molecular complexity index is 1030. The fraction of sp³-hybridized carbons (Fsp3) is 0.421. The van der Waals surface area contributed by atoms with E-state index < -0.39 is 33.4 Å². The van der Waals surface area contributed by atoms with E-state index in [1.807, 2.05) is 0 Å². The maximum atomic E-state index is 13.2. The molecule has 1 aromatic heterocycles. The molecule has 32 heavy (non-hydrogen) atoms. The maximum Gasteiger partial charge on any atom is 0.311 e. The number of halogens is 5. The summed E-state index contributed by atoms with van der Waals surface area (Å²) in [5.74, 6) is -0.167. The predicted molar refractivity (Wildman–Crippen MR) is 107 cm³/mol. The summed E-state index contributed by atoms with van der Waals surface area (Å²) in [5.41, 5.74) is 0.502. The summed E-state index contributed by atoms with van der Waals surface area (Å²) in [6, 6.07) is 2.09. The van der Waals surface area contributed by atoms with Crippen molar-refractivity contribution in [1.82, 2.24) is 9.97 Å². The maximum absolute atomic E-state index is 13.2. The van der Waals surface area contributed by atoms with E-state index in [9.17, 15) is 24.2 Å². The number of benzene rings is 1. The highest BCUT2D eigenvalue weighted by atomic mass is 32.5. The minimum absolute atomic E-state index is 0.0410. The lowest BCUT2D eigenvalue weighted by atomic mass is 10.1. The predicted octanol–water partition coefficient (Wildman–Crippen LogP) is 5.38. The number of nitrogens with zero attached hydrogens (tertiary/aromatic N) is 2. The number of esters is 1. The van der Waals surface area contributed by atoms with Crippen molar-refractivity contribution in [3.63, 3.8) is 0 Å². The third kappa shape index (κ3) is 5.64. The van der Waals surface area contributed by atoms with Gasteiger partial charge in [-0.25, -0.2) is 9.97 Å². The molecule has 0 aliphatic carbocycles. The number of aromatic nitrogens is 2. The highest BCUT2D eigenvalue weighted by molar-refractivity contribution is 8.45. The zero-order valence-corrected chi connectivity index (χ0v) is 18.2. The molecule has 0 bridgehead atoms. The van der Waals surface area contributed by atoms with Gasteiger partial charge in [0, 0.05) is 6.04 Å². The van der Waals surface area contributed by atoms with Crippen LogP contribution in [0.1, 0.15) is 41.9 Å². The number of rotatable bonds is 7. The van der Waals surface area contributed by atoms with Gasteiger partial charge in [0.05, 0.1) is 38.0 Å². The Labute approximate surface area is 181 Å².